The molecule has 0 saturated carbocycles. The second kappa shape index (κ2) is 4.37. The third-order valence-electron chi connectivity index (χ3n) is 3.12. The van der Waals surface area contributed by atoms with Crippen molar-refractivity contribution in [3.05, 3.63) is 42.0 Å². The van der Waals surface area contributed by atoms with E-state index in [9.17, 15) is 0 Å². The first-order chi connectivity index (χ1) is 8.38. The molecule has 1 aromatic carbocycles. The number of anilines is 1. The molecule has 0 aliphatic carbocycles. The van der Waals surface area contributed by atoms with Crippen molar-refractivity contribution in [3.63, 3.8) is 0 Å². The smallest absolute Gasteiger partial charge is 0.152 e. The first kappa shape index (κ1) is 10.6. The van der Waals surface area contributed by atoms with Crippen molar-refractivity contribution in [1.82, 2.24) is 14.8 Å². The molecule has 5 heteroatoms. The molecule has 3 rings (SSSR count). The summed E-state index contributed by atoms with van der Waals surface area (Å²) in [4.78, 5) is 2.31. The molecule has 0 fully saturated rings. The molecule has 1 aliphatic rings. The second-order valence-electron chi connectivity index (χ2n) is 4.12. The Balaban J connectivity index is 1.91. The Kier molecular flexibility index (Phi) is 2.73. The van der Waals surface area contributed by atoms with E-state index in [1.807, 2.05) is 12.1 Å². The molecular formula is C12H13ClN4. The van der Waals surface area contributed by atoms with Gasteiger partial charge in [0, 0.05) is 24.7 Å². The van der Waals surface area contributed by atoms with Crippen molar-refractivity contribution in [2.75, 3.05) is 11.4 Å². The van der Waals surface area contributed by atoms with E-state index >= 15 is 0 Å². The highest BCUT2D eigenvalue weighted by Crippen LogP contribution is 2.25. The van der Waals surface area contributed by atoms with Crippen molar-refractivity contribution in [1.29, 1.82) is 0 Å². The van der Waals surface area contributed by atoms with E-state index in [1.54, 1.807) is 6.33 Å². The summed E-state index contributed by atoms with van der Waals surface area (Å²) in [5.74, 6) is 1.56. The van der Waals surface area contributed by atoms with Crippen molar-refractivity contribution < 1.29 is 0 Å². The lowest BCUT2D eigenvalue weighted by Gasteiger charge is -2.30. The second-order valence-corrected chi connectivity index (χ2v) is 4.39. The van der Waals surface area contributed by atoms with E-state index in [-0.39, 0.29) is 0 Å². The average Bonchev–Trinajstić information content (AvgIpc) is 2.85. The van der Waals surface area contributed by atoms with Crippen LogP contribution >= 0.6 is 11.6 Å². The molecule has 0 spiro atoms. The highest BCUT2D eigenvalue weighted by Gasteiger charge is 2.19. The van der Waals surface area contributed by atoms with E-state index in [0.29, 0.717) is 5.88 Å². The number of nitrogens with zero attached hydrogens (tertiary/aromatic N) is 4. The summed E-state index contributed by atoms with van der Waals surface area (Å²) in [6.45, 7) is 2.70. The van der Waals surface area contributed by atoms with Crippen molar-refractivity contribution in [2.24, 2.45) is 0 Å². The van der Waals surface area contributed by atoms with Gasteiger partial charge in [-0.1, -0.05) is 18.2 Å². The van der Waals surface area contributed by atoms with Crippen LogP contribution in [0.4, 0.5) is 5.69 Å². The van der Waals surface area contributed by atoms with E-state index < -0.39 is 0 Å². The van der Waals surface area contributed by atoms with E-state index in [1.165, 1.54) is 11.3 Å². The summed E-state index contributed by atoms with van der Waals surface area (Å²) in [5, 5.41) is 8.06. The third kappa shape index (κ3) is 1.89. The number of para-hydroxylation sites is 1. The van der Waals surface area contributed by atoms with Crippen LogP contribution in [0.2, 0.25) is 0 Å². The van der Waals surface area contributed by atoms with Gasteiger partial charge in [0.25, 0.3) is 0 Å². The molecule has 0 amide bonds. The summed E-state index contributed by atoms with van der Waals surface area (Å²) in [6, 6.07) is 8.25. The molecule has 2 aromatic rings. The molecule has 17 heavy (non-hydrogen) atoms. The third-order valence-corrected chi connectivity index (χ3v) is 3.40. The highest BCUT2D eigenvalue weighted by atomic mass is 35.5. The van der Waals surface area contributed by atoms with E-state index in [4.69, 9.17) is 11.6 Å². The molecule has 0 saturated heterocycles. The van der Waals surface area contributed by atoms with Gasteiger partial charge >= 0.3 is 0 Å². The molecule has 0 N–H and O–H groups in total. The quantitative estimate of drug-likeness (QED) is 0.763. The minimum atomic E-state index is 0.541. The molecule has 1 aliphatic heterocycles. The lowest BCUT2D eigenvalue weighted by molar-refractivity contribution is 0.559. The molecule has 0 bridgehead atoms. The Morgan fingerprint density at radius 1 is 1.24 bits per heavy atom. The zero-order valence-corrected chi connectivity index (χ0v) is 10.1. The van der Waals surface area contributed by atoms with Crippen LogP contribution in [0.3, 0.4) is 0 Å². The van der Waals surface area contributed by atoms with Gasteiger partial charge < -0.3 is 9.47 Å². The Hall–Kier alpha value is -1.55. The number of halogens is 1. The maximum absolute atomic E-state index is 5.97. The molecule has 4 nitrogen and oxygen atoms in total. The average molecular weight is 249 g/mol. The van der Waals surface area contributed by atoms with Crippen LogP contribution in [0.5, 0.6) is 0 Å². The van der Waals surface area contributed by atoms with Crippen LogP contribution in [0.15, 0.2) is 30.6 Å². The molecule has 0 atom stereocenters. The summed E-state index contributed by atoms with van der Waals surface area (Å²) < 4.78 is 2.10. The number of alkyl halides is 1. The molecule has 0 unspecified atom stereocenters. The van der Waals surface area contributed by atoms with Crippen LogP contribution in [0.1, 0.15) is 11.4 Å². The highest BCUT2D eigenvalue weighted by molar-refractivity contribution is 6.17. The van der Waals surface area contributed by atoms with Gasteiger partial charge in [0.15, 0.2) is 5.82 Å². The zero-order chi connectivity index (χ0) is 11.7. The molecule has 2 heterocycles. The van der Waals surface area contributed by atoms with Crippen molar-refractivity contribution >= 4 is 17.3 Å². The van der Waals surface area contributed by atoms with Crippen LogP contribution in [-0.4, -0.2) is 21.3 Å². The van der Waals surface area contributed by atoms with Crippen LogP contribution in [-0.2, 0) is 19.0 Å². The maximum Gasteiger partial charge on any atom is 0.152 e. The predicted molar refractivity (Wildman–Crippen MR) is 67.1 cm³/mol. The summed E-state index contributed by atoms with van der Waals surface area (Å²) in [7, 11) is 0. The number of hydrogen-bond acceptors (Lipinski definition) is 3. The summed E-state index contributed by atoms with van der Waals surface area (Å²) >= 11 is 5.97. The predicted octanol–water partition coefficient (Wildman–Crippen LogP) is 2.04. The SMILES string of the molecule is ClCc1ccccc1N1CCn2cnnc2C1. The van der Waals surface area contributed by atoms with Gasteiger partial charge in [-0.25, -0.2) is 0 Å². The topological polar surface area (TPSA) is 34.0 Å². The fourth-order valence-electron chi connectivity index (χ4n) is 2.20. The van der Waals surface area contributed by atoms with Gasteiger partial charge in [0.05, 0.1) is 6.54 Å². The fourth-order valence-corrected chi connectivity index (χ4v) is 2.43. The first-order valence-corrected chi connectivity index (χ1v) is 6.17. The van der Waals surface area contributed by atoms with Crippen LogP contribution in [0, 0.1) is 0 Å². The Morgan fingerprint density at radius 3 is 3.00 bits per heavy atom. The minimum Gasteiger partial charge on any atom is -0.362 e. The first-order valence-electron chi connectivity index (χ1n) is 5.64. The van der Waals surface area contributed by atoms with Gasteiger partial charge in [0.1, 0.15) is 6.33 Å². The van der Waals surface area contributed by atoms with Crippen LogP contribution in [0.25, 0.3) is 0 Å². The molecular weight excluding hydrogens is 236 g/mol. The Bertz CT molecular complexity index is 523. The number of benzene rings is 1. The molecule has 88 valence electrons. The summed E-state index contributed by atoms with van der Waals surface area (Å²) in [5.41, 5.74) is 2.37. The number of aromatic nitrogens is 3. The molecule has 1 aromatic heterocycles. The van der Waals surface area contributed by atoms with Crippen molar-refractivity contribution in [2.45, 2.75) is 19.0 Å². The van der Waals surface area contributed by atoms with Gasteiger partial charge in [-0.3, -0.25) is 0 Å². The zero-order valence-electron chi connectivity index (χ0n) is 9.38. The number of hydrogen-bond donors (Lipinski definition) is 0. The summed E-state index contributed by atoms with van der Waals surface area (Å²) in [6.07, 6.45) is 1.79. The van der Waals surface area contributed by atoms with E-state index in [0.717, 1.165) is 25.5 Å². The van der Waals surface area contributed by atoms with Crippen molar-refractivity contribution in [3.8, 4) is 0 Å². The van der Waals surface area contributed by atoms with Gasteiger partial charge in [0.2, 0.25) is 0 Å². The van der Waals surface area contributed by atoms with Gasteiger partial charge in [-0.15, -0.1) is 21.8 Å². The maximum atomic E-state index is 5.97. The van der Waals surface area contributed by atoms with Gasteiger partial charge in [-0.05, 0) is 11.6 Å². The minimum absolute atomic E-state index is 0.541. The Morgan fingerprint density at radius 2 is 2.12 bits per heavy atom. The Labute approximate surface area is 105 Å². The standard InChI is InChI=1S/C12H13ClN4/c13-7-10-3-1-2-4-11(10)16-5-6-17-9-14-15-12(17)8-16/h1-4,9H,5-8H2. The van der Waals surface area contributed by atoms with Crippen LogP contribution < -0.4 is 4.90 Å². The largest absolute Gasteiger partial charge is 0.362 e. The normalized spacial score (nSPS) is 14.8. The van der Waals surface area contributed by atoms with E-state index in [2.05, 4.69) is 31.8 Å². The molecule has 0 radical (unpaired) electrons. The monoisotopic (exact) mass is 248 g/mol. The number of fused-ring (bicyclic) bond motifs is 1. The van der Waals surface area contributed by atoms with Gasteiger partial charge in [-0.2, -0.15) is 0 Å². The lowest BCUT2D eigenvalue weighted by Crippen LogP contribution is -2.34. The fraction of sp³-hybridized carbons (Fsp3) is 0.333. The number of rotatable bonds is 2. The lowest BCUT2D eigenvalue weighted by atomic mass is 10.1.